The molecule has 2 aliphatic heterocycles. The third-order valence-electron chi connectivity index (χ3n) is 10.4. The first-order valence-electron chi connectivity index (χ1n) is 14.2. The van der Waals surface area contributed by atoms with Crippen molar-refractivity contribution in [3.8, 4) is 0 Å². The Hall–Kier alpha value is -0.720. The van der Waals surface area contributed by atoms with Crippen LogP contribution < -0.4 is 0 Å². The first-order chi connectivity index (χ1) is 17.4. The van der Waals surface area contributed by atoms with Crippen molar-refractivity contribution in [1.82, 2.24) is 0 Å². The van der Waals surface area contributed by atoms with E-state index in [1.165, 1.54) is 24.7 Å². The molecule has 2 saturated carbocycles. The van der Waals surface area contributed by atoms with Crippen LogP contribution >= 0.6 is 23.5 Å². The molecule has 2 heterocycles. The molecular formula is C31H48O4S2. The van der Waals surface area contributed by atoms with E-state index in [-0.39, 0.29) is 50.7 Å². The van der Waals surface area contributed by atoms with Crippen molar-refractivity contribution in [3.63, 3.8) is 0 Å². The number of carbonyl (C=O) groups excluding carboxylic acids is 2. The summed E-state index contributed by atoms with van der Waals surface area (Å²) in [6.45, 7) is 17.9. The minimum absolute atomic E-state index is 0.00215. The van der Waals surface area contributed by atoms with Crippen LogP contribution in [0.1, 0.15) is 86.5 Å². The molecule has 0 aromatic carbocycles. The van der Waals surface area contributed by atoms with E-state index in [2.05, 4.69) is 47.3 Å². The molecule has 2 aliphatic carbocycles. The third-order valence-corrected chi connectivity index (χ3v) is 13.9. The molecule has 0 aromatic heterocycles. The summed E-state index contributed by atoms with van der Waals surface area (Å²) in [4.78, 5) is 27.2. The molecule has 37 heavy (non-hydrogen) atoms. The summed E-state index contributed by atoms with van der Waals surface area (Å²) in [6, 6.07) is 0. The SMILES string of the molecule is C=C1CC[C@H]2[C@]3(C)C[C@H](C=C(C)C)O[C@H]3CC[C@]2(C)[C@@H]1CC(C(=O)OC)C(=O)C(C)C1(C)SCCCS1. The van der Waals surface area contributed by atoms with Gasteiger partial charge in [0, 0.05) is 5.92 Å². The normalized spacial score (nSPS) is 38.6. The zero-order chi connectivity index (χ0) is 27.2. The van der Waals surface area contributed by atoms with Gasteiger partial charge in [-0.25, -0.2) is 0 Å². The molecule has 0 N–H and O–H groups in total. The maximum atomic E-state index is 14.0. The lowest BCUT2D eigenvalue weighted by molar-refractivity contribution is -0.153. The molecule has 6 heteroatoms. The molecular weight excluding hydrogens is 500 g/mol. The second-order valence-corrected chi connectivity index (χ2v) is 16.3. The van der Waals surface area contributed by atoms with E-state index in [0.29, 0.717) is 12.3 Å². The molecule has 0 bridgehead atoms. The van der Waals surface area contributed by atoms with Crippen LogP contribution in [-0.4, -0.2) is 46.7 Å². The number of ketones is 1. The van der Waals surface area contributed by atoms with Gasteiger partial charge in [0.15, 0.2) is 5.78 Å². The Morgan fingerprint density at radius 1 is 1.16 bits per heavy atom. The minimum atomic E-state index is -0.735. The Kier molecular flexibility index (Phi) is 8.73. The van der Waals surface area contributed by atoms with Crippen molar-refractivity contribution < 1.29 is 19.1 Å². The van der Waals surface area contributed by atoms with Gasteiger partial charge in [-0.15, -0.1) is 23.5 Å². The maximum absolute atomic E-state index is 14.0. The summed E-state index contributed by atoms with van der Waals surface area (Å²) in [5.74, 6) is 1.47. The number of hydrogen-bond acceptors (Lipinski definition) is 6. The highest BCUT2D eigenvalue weighted by Crippen LogP contribution is 2.66. The number of Topliss-reactive ketones (excluding diaryl/α,β-unsaturated/α-hetero) is 1. The summed E-state index contributed by atoms with van der Waals surface area (Å²) in [6.07, 6.45) is 9.63. The van der Waals surface area contributed by atoms with Crippen molar-refractivity contribution in [1.29, 1.82) is 0 Å². The largest absolute Gasteiger partial charge is 0.468 e. The number of thioether (sulfide) groups is 2. The van der Waals surface area contributed by atoms with E-state index in [1.807, 2.05) is 30.4 Å². The smallest absolute Gasteiger partial charge is 0.316 e. The fourth-order valence-corrected chi connectivity index (χ4v) is 11.4. The quantitative estimate of drug-likeness (QED) is 0.187. The van der Waals surface area contributed by atoms with Crippen LogP contribution in [0.2, 0.25) is 0 Å². The summed E-state index contributed by atoms with van der Waals surface area (Å²) in [5, 5.41) is 0. The van der Waals surface area contributed by atoms with Crippen LogP contribution in [0.5, 0.6) is 0 Å². The van der Waals surface area contributed by atoms with E-state index >= 15 is 0 Å². The highest BCUT2D eigenvalue weighted by Gasteiger charge is 2.61. The molecule has 4 fully saturated rings. The molecule has 0 spiro atoms. The number of hydrogen-bond donors (Lipinski definition) is 0. The summed E-state index contributed by atoms with van der Waals surface area (Å²) >= 11 is 3.74. The van der Waals surface area contributed by atoms with Crippen molar-refractivity contribution in [2.45, 2.75) is 103 Å². The Morgan fingerprint density at radius 2 is 1.84 bits per heavy atom. The molecule has 8 atom stereocenters. The number of allylic oxidation sites excluding steroid dienone is 2. The topological polar surface area (TPSA) is 52.6 Å². The fraction of sp³-hybridized carbons (Fsp3) is 0.806. The second kappa shape index (κ2) is 11.0. The molecule has 2 unspecified atom stereocenters. The van der Waals surface area contributed by atoms with Gasteiger partial charge in [-0.2, -0.15) is 0 Å². The number of methoxy groups -OCH3 is 1. The van der Waals surface area contributed by atoms with E-state index in [0.717, 1.165) is 43.6 Å². The summed E-state index contributed by atoms with van der Waals surface area (Å²) in [7, 11) is 1.42. The van der Waals surface area contributed by atoms with Crippen LogP contribution in [-0.2, 0) is 19.1 Å². The van der Waals surface area contributed by atoms with Gasteiger partial charge >= 0.3 is 5.97 Å². The van der Waals surface area contributed by atoms with Gasteiger partial charge in [0.25, 0.3) is 0 Å². The molecule has 4 aliphatic rings. The highest BCUT2D eigenvalue weighted by atomic mass is 32.2. The van der Waals surface area contributed by atoms with Crippen molar-refractivity contribution in [3.05, 3.63) is 23.8 Å². The predicted octanol–water partition coefficient (Wildman–Crippen LogP) is 7.47. The number of fused-ring (bicyclic) bond motifs is 3. The monoisotopic (exact) mass is 548 g/mol. The van der Waals surface area contributed by atoms with Crippen molar-refractivity contribution >= 4 is 35.3 Å². The van der Waals surface area contributed by atoms with Crippen LogP contribution in [0, 0.1) is 34.5 Å². The van der Waals surface area contributed by atoms with E-state index in [1.54, 1.807) is 0 Å². The Morgan fingerprint density at radius 3 is 2.46 bits per heavy atom. The molecule has 0 amide bonds. The predicted molar refractivity (Wildman–Crippen MR) is 156 cm³/mol. The van der Waals surface area contributed by atoms with Crippen LogP contribution in [0.15, 0.2) is 23.8 Å². The van der Waals surface area contributed by atoms with Gasteiger partial charge < -0.3 is 9.47 Å². The maximum Gasteiger partial charge on any atom is 0.316 e. The zero-order valence-electron chi connectivity index (χ0n) is 24.1. The molecule has 0 aromatic rings. The van der Waals surface area contributed by atoms with Gasteiger partial charge in [0.1, 0.15) is 5.92 Å². The van der Waals surface area contributed by atoms with E-state index < -0.39 is 5.92 Å². The van der Waals surface area contributed by atoms with Gasteiger partial charge in [0.05, 0.1) is 23.4 Å². The number of esters is 1. The van der Waals surface area contributed by atoms with Gasteiger partial charge in [0.2, 0.25) is 0 Å². The number of ether oxygens (including phenoxy) is 2. The van der Waals surface area contributed by atoms with Crippen LogP contribution in [0.25, 0.3) is 0 Å². The average Bonchev–Trinajstić information content (AvgIpc) is 3.17. The first kappa shape index (κ1) is 29.3. The fourth-order valence-electron chi connectivity index (χ4n) is 8.23. The molecule has 0 radical (unpaired) electrons. The van der Waals surface area contributed by atoms with Gasteiger partial charge in [-0.1, -0.05) is 44.6 Å². The lowest BCUT2D eigenvalue weighted by Gasteiger charge is -2.59. The standard InChI is InChI=1S/C31H48O4S2/c1-19(2)16-22-18-30(6)25-11-10-20(3)24(29(25,5)13-12-26(30)35-22)17-23(28(33)34-8)27(32)21(4)31(7)36-14-9-15-37-31/h16,21-26H,3,9-15,17-18H2,1-2,4-8H3/t21?,22-,23?,24+,25+,26-,29+,30-/m0/s1. The average molecular weight is 549 g/mol. The lowest BCUT2D eigenvalue weighted by atomic mass is 9.45. The first-order valence-corrected chi connectivity index (χ1v) is 16.2. The molecule has 4 nitrogen and oxygen atoms in total. The van der Waals surface area contributed by atoms with Crippen molar-refractivity contribution in [2.75, 3.05) is 18.6 Å². The van der Waals surface area contributed by atoms with Gasteiger partial charge in [-0.3, -0.25) is 9.59 Å². The second-order valence-electron chi connectivity index (χ2n) is 13.0. The Bertz CT molecular complexity index is 933. The summed E-state index contributed by atoms with van der Waals surface area (Å²) in [5.41, 5.74) is 2.62. The number of carbonyl (C=O) groups is 2. The lowest BCUT2D eigenvalue weighted by Crippen LogP contribution is -2.55. The Labute approximate surface area is 233 Å². The van der Waals surface area contributed by atoms with Gasteiger partial charge in [-0.05, 0) is 99.9 Å². The third kappa shape index (κ3) is 5.37. The van der Waals surface area contributed by atoms with E-state index in [9.17, 15) is 9.59 Å². The minimum Gasteiger partial charge on any atom is -0.468 e. The Balaban J connectivity index is 1.61. The van der Waals surface area contributed by atoms with Crippen LogP contribution in [0.3, 0.4) is 0 Å². The molecule has 4 rings (SSSR count). The van der Waals surface area contributed by atoms with Crippen LogP contribution in [0.4, 0.5) is 0 Å². The highest BCUT2D eigenvalue weighted by molar-refractivity contribution is 8.18. The number of rotatable bonds is 7. The summed E-state index contributed by atoms with van der Waals surface area (Å²) < 4.78 is 11.7. The zero-order valence-corrected chi connectivity index (χ0v) is 25.7. The molecule has 208 valence electrons. The van der Waals surface area contributed by atoms with E-state index in [4.69, 9.17) is 9.47 Å². The van der Waals surface area contributed by atoms with Crippen molar-refractivity contribution in [2.24, 2.45) is 34.5 Å². The molecule has 2 saturated heterocycles.